The molecule has 0 amide bonds. The molecule has 0 aromatic heterocycles. The van der Waals surface area contributed by atoms with Crippen LogP contribution in [0.5, 0.6) is 0 Å². The Morgan fingerprint density at radius 1 is 1.21 bits per heavy atom. The molecule has 1 N–H and O–H groups in total. The highest BCUT2D eigenvalue weighted by atomic mass is 32.3. The summed E-state index contributed by atoms with van der Waals surface area (Å²) in [5.74, 6) is 0. The SMILES string of the molecule is CCC[N+]1(C)CCCC1C.O=S(=O)(F)NS(=O)(=O)F. The molecule has 6 nitrogen and oxygen atoms in total. The first kappa shape index (κ1) is 18.7. The molecule has 1 rings (SSSR count). The Hall–Kier alpha value is -0.320. The zero-order valence-electron chi connectivity index (χ0n) is 11.3. The Morgan fingerprint density at radius 2 is 1.68 bits per heavy atom. The summed E-state index contributed by atoms with van der Waals surface area (Å²) in [5.41, 5.74) is 0. The van der Waals surface area contributed by atoms with Crippen molar-refractivity contribution in [2.24, 2.45) is 0 Å². The third-order valence-electron chi connectivity index (χ3n) is 3.29. The molecule has 2 atom stereocenters. The Morgan fingerprint density at radius 3 is 1.89 bits per heavy atom. The molecule has 1 aliphatic rings. The van der Waals surface area contributed by atoms with Crippen molar-refractivity contribution in [1.29, 1.82) is 0 Å². The van der Waals surface area contributed by atoms with Crippen molar-refractivity contribution in [3.63, 3.8) is 0 Å². The van der Waals surface area contributed by atoms with E-state index in [1.54, 1.807) is 0 Å². The molecule has 116 valence electrons. The first-order valence-electron chi connectivity index (χ1n) is 5.91. The van der Waals surface area contributed by atoms with E-state index in [2.05, 4.69) is 20.9 Å². The molecule has 0 aromatic carbocycles. The Kier molecular flexibility index (Phi) is 6.79. The van der Waals surface area contributed by atoms with Crippen LogP contribution in [0.3, 0.4) is 0 Å². The second kappa shape index (κ2) is 6.91. The number of hydrogen-bond donors (Lipinski definition) is 1. The molecule has 1 fully saturated rings. The van der Waals surface area contributed by atoms with E-state index in [1.165, 1.54) is 36.8 Å². The zero-order chi connectivity index (χ0) is 15.3. The average molecular weight is 323 g/mol. The predicted octanol–water partition coefficient (Wildman–Crippen LogP) is 1.03. The summed E-state index contributed by atoms with van der Waals surface area (Å²) in [7, 11) is -8.59. The van der Waals surface area contributed by atoms with Gasteiger partial charge in [-0.1, -0.05) is 18.8 Å². The van der Waals surface area contributed by atoms with E-state index in [9.17, 15) is 24.6 Å². The largest absolute Gasteiger partial charge is 0.387 e. The maximum absolute atomic E-state index is 11.1. The minimum absolute atomic E-state index is 0.0694. The number of halogens is 2. The monoisotopic (exact) mass is 323 g/mol. The Labute approximate surface area is 114 Å². The minimum Gasteiger partial charge on any atom is -0.324 e. The van der Waals surface area contributed by atoms with E-state index < -0.39 is 20.8 Å². The molecule has 19 heavy (non-hydrogen) atoms. The summed E-state index contributed by atoms with van der Waals surface area (Å²) >= 11 is 0. The quantitative estimate of drug-likeness (QED) is 0.619. The minimum atomic E-state index is -5.49. The van der Waals surface area contributed by atoms with Crippen LogP contribution in [0.25, 0.3) is 0 Å². The van der Waals surface area contributed by atoms with Gasteiger partial charge in [-0.25, -0.2) is 0 Å². The fourth-order valence-corrected chi connectivity index (χ4v) is 3.19. The van der Waals surface area contributed by atoms with E-state index in [0.717, 1.165) is 6.04 Å². The Balaban J connectivity index is 0.000000344. The van der Waals surface area contributed by atoms with E-state index in [1.807, 2.05) is 0 Å². The lowest BCUT2D eigenvalue weighted by Gasteiger charge is -2.34. The molecule has 0 spiro atoms. The third kappa shape index (κ3) is 8.45. The van der Waals surface area contributed by atoms with Crippen molar-refractivity contribution in [2.75, 3.05) is 20.1 Å². The van der Waals surface area contributed by atoms with Crippen molar-refractivity contribution in [2.45, 2.75) is 39.2 Å². The van der Waals surface area contributed by atoms with Gasteiger partial charge in [-0.3, -0.25) is 0 Å². The number of rotatable bonds is 4. The standard InChI is InChI=1S/C9H20N.F2HNO4S2/c1-4-7-10(3)8-5-6-9(10)2;1-8(4,5)3-9(2,6)7/h9H,4-8H2,1-3H3;3H/q+1;. The number of likely N-dealkylation sites (tertiary alicyclic amines) is 1. The second-order valence-corrected chi connectivity index (χ2v) is 7.29. The van der Waals surface area contributed by atoms with Crippen molar-refractivity contribution in [3.05, 3.63) is 0 Å². The van der Waals surface area contributed by atoms with Crippen molar-refractivity contribution in [3.8, 4) is 0 Å². The molecule has 0 aromatic rings. The molecule has 0 saturated carbocycles. The van der Waals surface area contributed by atoms with Crippen LogP contribution in [-0.2, 0) is 20.8 Å². The fourth-order valence-electron chi connectivity index (χ4n) is 2.24. The van der Waals surface area contributed by atoms with Crippen molar-refractivity contribution < 1.29 is 29.1 Å². The summed E-state index contributed by atoms with van der Waals surface area (Å²) < 4.78 is 60.7. The maximum atomic E-state index is 11.1. The van der Waals surface area contributed by atoms with E-state index in [-0.39, 0.29) is 4.13 Å². The van der Waals surface area contributed by atoms with Gasteiger partial charge in [0.25, 0.3) is 0 Å². The van der Waals surface area contributed by atoms with Gasteiger partial charge in [-0.2, -0.15) is 16.8 Å². The van der Waals surface area contributed by atoms with Gasteiger partial charge in [-0.05, 0) is 13.3 Å². The van der Waals surface area contributed by atoms with Gasteiger partial charge in [0.2, 0.25) is 0 Å². The van der Waals surface area contributed by atoms with Gasteiger partial charge in [0.15, 0.2) is 0 Å². The van der Waals surface area contributed by atoms with Crippen LogP contribution in [0.15, 0.2) is 0 Å². The summed E-state index contributed by atoms with van der Waals surface area (Å²) in [6.45, 7) is 7.47. The van der Waals surface area contributed by atoms with E-state index in [0.29, 0.717) is 0 Å². The lowest BCUT2D eigenvalue weighted by molar-refractivity contribution is -0.919. The summed E-state index contributed by atoms with van der Waals surface area (Å²) in [6.07, 6.45) is 4.22. The van der Waals surface area contributed by atoms with Crippen LogP contribution in [0, 0.1) is 0 Å². The molecular formula is C9H21F2N2O4S2+. The van der Waals surface area contributed by atoms with Gasteiger partial charge >= 0.3 is 20.8 Å². The number of quaternary nitrogens is 1. The second-order valence-electron chi connectivity index (χ2n) is 4.88. The number of nitrogens with one attached hydrogen (secondary N) is 1. The number of nitrogens with zero attached hydrogens (tertiary/aromatic N) is 1. The summed E-state index contributed by atoms with van der Waals surface area (Å²) in [6, 6.07) is 0.917. The van der Waals surface area contributed by atoms with Crippen LogP contribution in [-0.4, -0.2) is 47.5 Å². The molecule has 0 radical (unpaired) electrons. The third-order valence-corrected chi connectivity index (χ3v) is 4.88. The fraction of sp³-hybridized carbons (Fsp3) is 1.00. The molecule has 10 heteroatoms. The highest BCUT2D eigenvalue weighted by molar-refractivity contribution is 7.99. The van der Waals surface area contributed by atoms with Gasteiger partial charge < -0.3 is 4.48 Å². The van der Waals surface area contributed by atoms with Crippen LogP contribution in [0.4, 0.5) is 7.77 Å². The average Bonchev–Trinajstić information content (AvgIpc) is 2.42. The predicted molar refractivity (Wildman–Crippen MR) is 68.1 cm³/mol. The molecule has 1 aliphatic heterocycles. The van der Waals surface area contributed by atoms with Crippen molar-refractivity contribution >= 4 is 20.8 Å². The van der Waals surface area contributed by atoms with Crippen LogP contribution >= 0.6 is 0 Å². The lowest BCUT2D eigenvalue weighted by atomic mass is 10.2. The summed E-state index contributed by atoms with van der Waals surface area (Å²) in [4.78, 5) is 0. The Bertz CT molecular complexity index is 450. The molecule has 0 bridgehead atoms. The maximum Gasteiger partial charge on any atom is 0.387 e. The highest BCUT2D eigenvalue weighted by Crippen LogP contribution is 2.24. The molecular weight excluding hydrogens is 302 g/mol. The first-order chi connectivity index (χ1) is 8.40. The van der Waals surface area contributed by atoms with Gasteiger partial charge in [-0.15, -0.1) is 0 Å². The van der Waals surface area contributed by atoms with Gasteiger partial charge in [0, 0.05) is 12.8 Å². The van der Waals surface area contributed by atoms with Gasteiger partial charge in [0.1, 0.15) is 0 Å². The van der Waals surface area contributed by atoms with E-state index >= 15 is 0 Å². The first-order valence-corrected chi connectivity index (χ1v) is 8.68. The molecule has 0 aliphatic carbocycles. The topological polar surface area (TPSA) is 80.3 Å². The van der Waals surface area contributed by atoms with Crippen molar-refractivity contribution in [1.82, 2.24) is 4.13 Å². The van der Waals surface area contributed by atoms with Crippen LogP contribution in [0.1, 0.15) is 33.1 Å². The highest BCUT2D eigenvalue weighted by Gasteiger charge is 2.33. The number of hydrogen-bond acceptors (Lipinski definition) is 4. The molecule has 2 unspecified atom stereocenters. The zero-order valence-corrected chi connectivity index (χ0v) is 12.9. The van der Waals surface area contributed by atoms with E-state index in [4.69, 9.17) is 0 Å². The normalized spacial score (nSPS) is 27.7. The molecule has 1 saturated heterocycles. The van der Waals surface area contributed by atoms with Crippen LogP contribution in [0.2, 0.25) is 0 Å². The smallest absolute Gasteiger partial charge is 0.324 e. The lowest BCUT2D eigenvalue weighted by Crippen LogP contribution is -2.46. The van der Waals surface area contributed by atoms with Gasteiger partial charge in [0.05, 0.1) is 26.2 Å². The molecule has 1 heterocycles. The van der Waals surface area contributed by atoms with Crippen LogP contribution < -0.4 is 4.13 Å². The summed E-state index contributed by atoms with van der Waals surface area (Å²) in [5, 5.41) is 0.